The fraction of sp³-hybridized carbons (Fsp3) is 0.417. The summed E-state index contributed by atoms with van der Waals surface area (Å²) in [7, 11) is 0. The Kier molecular flexibility index (Phi) is 3.77. The molecule has 0 atom stereocenters. The van der Waals surface area contributed by atoms with E-state index < -0.39 is 11.6 Å². The Hall–Kier alpha value is -1.71. The van der Waals surface area contributed by atoms with Gasteiger partial charge in [-0.2, -0.15) is 0 Å². The summed E-state index contributed by atoms with van der Waals surface area (Å²) in [6.07, 6.45) is 0. The van der Waals surface area contributed by atoms with Gasteiger partial charge in [0.2, 0.25) is 0 Å². The number of ether oxygens (including phenoxy) is 2. The Morgan fingerprint density at radius 1 is 1.38 bits per heavy atom. The van der Waals surface area contributed by atoms with Crippen LogP contribution in [-0.2, 0) is 9.53 Å². The molecule has 0 spiro atoms. The van der Waals surface area contributed by atoms with Gasteiger partial charge >= 0.3 is 5.97 Å². The molecule has 0 heterocycles. The molecule has 4 heteroatoms. The summed E-state index contributed by atoms with van der Waals surface area (Å²) in [6.45, 7) is 5.32. The number of carbonyl (C=O) groups is 1. The first kappa shape index (κ1) is 12.4. The Labute approximate surface area is 95.3 Å². The summed E-state index contributed by atoms with van der Waals surface area (Å²) in [5.41, 5.74) is 5.68. The Balaban J connectivity index is 2.43. The highest BCUT2D eigenvalue weighted by atomic mass is 16.6. The monoisotopic (exact) mass is 223 g/mol. The van der Waals surface area contributed by atoms with Crippen molar-refractivity contribution in [3.05, 3.63) is 24.3 Å². The van der Waals surface area contributed by atoms with E-state index in [2.05, 4.69) is 0 Å². The molecule has 4 nitrogen and oxygen atoms in total. The molecule has 1 aromatic rings. The van der Waals surface area contributed by atoms with Gasteiger partial charge in [0.15, 0.2) is 6.61 Å². The van der Waals surface area contributed by atoms with Crippen LogP contribution in [0.2, 0.25) is 0 Å². The zero-order chi connectivity index (χ0) is 12.2. The van der Waals surface area contributed by atoms with Gasteiger partial charge in [0.1, 0.15) is 11.4 Å². The number of rotatable bonds is 3. The van der Waals surface area contributed by atoms with E-state index in [1.807, 2.05) is 20.8 Å². The molecule has 0 aromatic heterocycles. The van der Waals surface area contributed by atoms with Gasteiger partial charge in [-0.3, -0.25) is 0 Å². The Morgan fingerprint density at radius 2 is 2.06 bits per heavy atom. The predicted octanol–water partition coefficient (Wildman–Crippen LogP) is 1.99. The van der Waals surface area contributed by atoms with Gasteiger partial charge in [-0.05, 0) is 32.9 Å². The maximum Gasteiger partial charge on any atom is 0.344 e. The minimum atomic E-state index is -0.490. The van der Waals surface area contributed by atoms with Gasteiger partial charge in [-0.1, -0.05) is 6.07 Å². The van der Waals surface area contributed by atoms with Gasteiger partial charge in [-0.15, -0.1) is 0 Å². The maximum absolute atomic E-state index is 11.3. The van der Waals surface area contributed by atoms with E-state index in [1.165, 1.54) is 0 Å². The largest absolute Gasteiger partial charge is 0.482 e. The lowest BCUT2D eigenvalue weighted by Crippen LogP contribution is -2.27. The smallest absolute Gasteiger partial charge is 0.344 e. The van der Waals surface area contributed by atoms with Crippen molar-refractivity contribution in [2.75, 3.05) is 12.3 Å². The molecule has 16 heavy (non-hydrogen) atoms. The lowest BCUT2D eigenvalue weighted by atomic mass is 10.2. The van der Waals surface area contributed by atoms with E-state index in [9.17, 15) is 4.79 Å². The summed E-state index contributed by atoms with van der Waals surface area (Å²) >= 11 is 0. The average Bonchev–Trinajstić information content (AvgIpc) is 2.12. The SMILES string of the molecule is CC(C)(C)OC(=O)COc1cccc(N)c1. The van der Waals surface area contributed by atoms with E-state index in [1.54, 1.807) is 24.3 Å². The van der Waals surface area contributed by atoms with Gasteiger partial charge in [0, 0.05) is 11.8 Å². The van der Waals surface area contributed by atoms with E-state index in [0.29, 0.717) is 11.4 Å². The highest BCUT2D eigenvalue weighted by Gasteiger charge is 2.16. The number of esters is 1. The molecular weight excluding hydrogens is 206 g/mol. The fourth-order valence-electron chi connectivity index (χ4n) is 1.12. The highest BCUT2D eigenvalue weighted by Crippen LogP contribution is 2.14. The second-order valence-corrected chi connectivity index (χ2v) is 4.45. The lowest BCUT2D eigenvalue weighted by molar-refractivity contribution is -0.157. The molecule has 0 radical (unpaired) electrons. The van der Waals surface area contributed by atoms with Crippen LogP contribution in [0.25, 0.3) is 0 Å². The van der Waals surface area contributed by atoms with Crippen LogP contribution < -0.4 is 10.5 Å². The standard InChI is InChI=1S/C12H17NO3/c1-12(2,3)16-11(14)8-15-10-6-4-5-9(13)7-10/h4-7H,8,13H2,1-3H3. The number of benzene rings is 1. The molecule has 0 aliphatic rings. The van der Waals surface area contributed by atoms with Crippen LogP contribution in [0.15, 0.2) is 24.3 Å². The molecule has 0 amide bonds. The second kappa shape index (κ2) is 4.88. The third kappa shape index (κ3) is 4.68. The van der Waals surface area contributed by atoms with Crippen LogP contribution in [0.5, 0.6) is 5.75 Å². The molecule has 0 saturated heterocycles. The van der Waals surface area contributed by atoms with Gasteiger partial charge < -0.3 is 15.2 Å². The van der Waals surface area contributed by atoms with Crippen molar-refractivity contribution in [1.29, 1.82) is 0 Å². The number of hydrogen-bond donors (Lipinski definition) is 1. The van der Waals surface area contributed by atoms with Crippen molar-refractivity contribution < 1.29 is 14.3 Å². The van der Waals surface area contributed by atoms with Gasteiger partial charge in [0.25, 0.3) is 0 Å². The van der Waals surface area contributed by atoms with E-state index in [0.717, 1.165) is 0 Å². The molecule has 1 rings (SSSR count). The Morgan fingerprint density at radius 3 is 2.62 bits per heavy atom. The zero-order valence-electron chi connectivity index (χ0n) is 9.82. The van der Waals surface area contributed by atoms with Crippen molar-refractivity contribution in [3.8, 4) is 5.75 Å². The predicted molar refractivity (Wildman–Crippen MR) is 62.2 cm³/mol. The first-order valence-electron chi connectivity index (χ1n) is 5.07. The zero-order valence-corrected chi connectivity index (χ0v) is 9.82. The lowest BCUT2D eigenvalue weighted by Gasteiger charge is -2.19. The molecule has 2 N–H and O–H groups in total. The van der Waals surface area contributed by atoms with Crippen LogP contribution in [0.4, 0.5) is 5.69 Å². The fourth-order valence-corrected chi connectivity index (χ4v) is 1.12. The normalized spacial score (nSPS) is 10.9. The minimum absolute atomic E-state index is 0.110. The number of nitrogen functional groups attached to an aromatic ring is 1. The average molecular weight is 223 g/mol. The number of carbonyl (C=O) groups excluding carboxylic acids is 1. The summed E-state index contributed by atoms with van der Waals surface area (Å²) in [5, 5.41) is 0. The van der Waals surface area contributed by atoms with Crippen LogP contribution in [0.1, 0.15) is 20.8 Å². The maximum atomic E-state index is 11.3. The van der Waals surface area contributed by atoms with Crippen LogP contribution in [-0.4, -0.2) is 18.2 Å². The molecule has 0 saturated carbocycles. The van der Waals surface area contributed by atoms with Crippen LogP contribution in [0.3, 0.4) is 0 Å². The Bertz CT molecular complexity index is 369. The second-order valence-electron chi connectivity index (χ2n) is 4.45. The van der Waals surface area contributed by atoms with E-state index in [4.69, 9.17) is 15.2 Å². The molecule has 0 unspecified atom stereocenters. The summed E-state index contributed by atoms with van der Waals surface area (Å²) < 4.78 is 10.3. The summed E-state index contributed by atoms with van der Waals surface area (Å²) in [6, 6.07) is 6.91. The topological polar surface area (TPSA) is 61.5 Å². The van der Waals surface area contributed by atoms with Crippen molar-refractivity contribution in [2.45, 2.75) is 26.4 Å². The molecular formula is C12H17NO3. The van der Waals surface area contributed by atoms with Crippen LogP contribution in [0, 0.1) is 0 Å². The molecule has 0 bridgehead atoms. The van der Waals surface area contributed by atoms with Crippen molar-refractivity contribution >= 4 is 11.7 Å². The first-order chi connectivity index (χ1) is 7.37. The van der Waals surface area contributed by atoms with E-state index >= 15 is 0 Å². The van der Waals surface area contributed by atoms with Crippen molar-refractivity contribution in [3.63, 3.8) is 0 Å². The highest BCUT2D eigenvalue weighted by molar-refractivity contribution is 5.71. The molecule has 0 fully saturated rings. The summed E-state index contributed by atoms with van der Waals surface area (Å²) in [4.78, 5) is 11.3. The van der Waals surface area contributed by atoms with E-state index in [-0.39, 0.29) is 6.61 Å². The van der Waals surface area contributed by atoms with Gasteiger partial charge in [0.05, 0.1) is 0 Å². The van der Waals surface area contributed by atoms with Crippen LogP contribution >= 0.6 is 0 Å². The molecule has 0 aliphatic heterocycles. The minimum Gasteiger partial charge on any atom is -0.482 e. The molecule has 88 valence electrons. The number of hydrogen-bond acceptors (Lipinski definition) is 4. The quantitative estimate of drug-likeness (QED) is 0.628. The first-order valence-corrected chi connectivity index (χ1v) is 5.07. The molecule has 0 aliphatic carbocycles. The van der Waals surface area contributed by atoms with Crippen molar-refractivity contribution in [1.82, 2.24) is 0 Å². The number of anilines is 1. The summed E-state index contributed by atoms with van der Waals surface area (Å²) in [5.74, 6) is 0.167. The molecule has 1 aromatic carbocycles. The number of nitrogens with two attached hydrogens (primary N) is 1. The van der Waals surface area contributed by atoms with Gasteiger partial charge in [-0.25, -0.2) is 4.79 Å². The van der Waals surface area contributed by atoms with Crippen molar-refractivity contribution in [2.24, 2.45) is 0 Å². The third-order valence-electron chi connectivity index (χ3n) is 1.63. The third-order valence-corrected chi connectivity index (χ3v) is 1.63.